The summed E-state index contributed by atoms with van der Waals surface area (Å²) in [6.45, 7) is 2.97. The fourth-order valence-corrected chi connectivity index (χ4v) is 3.14. The van der Waals surface area contributed by atoms with E-state index in [1.165, 1.54) is 0 Å². The number of nitrogens with zero attached hydrogens (tertiary/aromatic N) is 3. The van der Waals surface area contributed by atoms with Gasteiger partial charge in [0, 0.05) is 38.7 Å². The van der Waals surface area contributed by atoms with Gasteiger partial charge in [-0.25, -0.2) is 9.37 Å². The largest absolute Gasteiger partial charge is 0.481 e. The first-order chi connectivity index (χ1) is 11.2. The quantitative estimate of drug-likeness (QED) is 0.823. The van der Waals surface area contributed by atoms with Crippen LogP contribution in [0.5, 0.6) is 5.88 Å². The first kappa shape index (κ1) is 16.1. The van der Waals surface area contributed by atoms with Gasteiger partial charge in [0.05, 0.1) is 32.1 Å². The molecule has 2 fully saturated rings. The van der Waals surface area contributed by atoms with Crippen molar-refractivity contribution in [3.05, 3.63) is 23.9 Å². The fourth-order valence-electron chi connectivity index (χ4n) is 3.14. The summed E-state index contributed by atoms with van der Waals surface area (Å²) in [5.41, 5.74) is 0.776. The lowest BCUT2D eigenvalue weighted by atomic mass is 10.1. The van der Waals surface area contributed by atoms with Crippen LogP contribution in [0.4, 0.5) is 4.39 Å². The van der Waals surface area contributed by atoms with E-state index in [2.05, 4.69) is 4.98 Å². The zero-order chi connectivity index (χ0) is 16.2. The third kappa shape index (κ3) is 3.79. The van der Waals surface area contributed by atoms with Crippen LogP contribution in [0.3, 0.4) is 0 Å². The van der Waals surface area contributed by atoms with E-state index in [9.17, 15) is 9.18 Å². The normalized spacial score (nSPS) is 25.6. The summed E-state index contributed by atoms with van der Waals surface area (Å²) in [5.74, 6) is 0.519. The number of methoxy groups -OCH3 is 1. The second kappa shape index (κ2) is 7.23. The number of amides is 1. The van der Waals surface area contributed by atoms with Crippen LogP contribution in [0.15, 0.2) is 18.2 Å². The number of alkyl halides is 1. The Morgan fingerprint density at radius 1 is 1.43 bits per heavy atom. The first-order valence-corrected chi connectivity index (χ1v) is 7.92. The second-order valence-electron chi connectivity index (χ2n) is 5.89. The van der Waals surface area contributed by atoms with E-state index in [-0.39, 0.29) is 18.9 Å². The van der Waals surface area contributed by atoms with E-state index in [1.54, 1.807) is 18.1 Å². The molecule has 2 atom stereocenters. The Hall–Kier alpha value is -1.73. The Balaban J connectivity index is 1.70. The molecular formula is C16H22FN3O3. The first-order valence-electron chi connectivity index (χ1n) is 7.92. The maximum absolute atomic E-state index is 13.9. The molecule has 0 aliphatic carbocycles. The van der Waals surface area contributed by atoms with Gasteiger partial charge < -0.3 is 14.4 Å². The minimum Gasteiger partial charge on any atom is -0.481 e. The third-order valence-electron chi connectivity index (χ3n) is 4.32. The van der Waals surface area contributed by atoms with Gasteiger partial charge in [-0.1, -0.05) is 6.07 Å². The van der Waals surface area contributed by atoms with E-state index in [4.69, 9.17) is 9.47 Å². The van der Waals surface area contributed by atoms with Crippen molar-refractivity contribution in [1.29, 1.82) is 0 Å². The molecular weight excluding hydrogens is 301 g/mol. The number of halogens is 1. The van der Waals surface area contributed by atoms with Gasteiger partial charge in [0.15, 0.2) is 0 Å². The Morgan fingerprint density at radius 3 is 2.96 bits per heavy atom. The van der Waals surface area contributed by atoms with E-state index >= 15 is 0 Å². The standard InChI is InChI=1S/C16H22FN3O3/c1-22-15-4-2-3-13(18-15)11-20-10-12(17)9-14(20)16(21)19-5-7-23-8-6-19/h2-4,12,14H,5-11H2,1H3/t12-,14+/m1/s1. The Morgan fingerprint density at radius 2 is 2.22 bits per heavy atom. The number of carbonyl (C=O) groups is 1. The molecule has 7 heteroatoms. The van der Waals surface area contributed by atoms with Crippen molar-refractivity contribution in [3.8, 4) is 5.88 Å². The molecule has 2 aliphatic heterocycles. The Labute approximate surface area is 135 Å². The zero-order valence-electron chi connectivity index (χ0n) is 13.3. The van der Waals surface area contributed by atoms with E-state index < -0.39 is 12.2 Å². The van der Waals surface area contributed by atoms with Crippen molar-refractivity contribution in [3.63, 3.8) is 0 Å². The maximum atomic E-state index is 13.9. The van der Waals surface area contributed by atoms with E-state index in [1.807, 2.05) is 17.0 Å². The van der Waals surface area contributed by atoms with Crippen LogP contribution >= 0.6 is 0 Å². The van der Waals surface area contributed by atoms with Crippen molar-refractivity contribution in [1.82, 2.24) is 14.8 Å². The summed E-state index contributed by atoms with van der Waals surface area (Å²) in [6.07, 6.45) is -0.726. The fraction of sp³-hybridized carbons (Fsp3) is 0.625. The minimum atomic E-state index is -0.976. The molecule has 0 saturated carbocycles. The van der Waals surface area contributed by atoms with Gasteiger partial charge in [-0.3, -0.25) is 9.69 Å². The highest BCUT2D eigenvalue weighted by molar-refractivity contribution is 5.82. The van der Waals surface area contributed by atoms with Crippen LogP contribution in [0.25, 0.3) is 0 Å². The van der Waals surface area contributed by atoms with Crippen LogP contribution < -0.4 is 4.74 Å². The minimum absolute atomic E-state index is 0.00338. The van der Waals surface area contributed by atoms with Crippen LogP contribution in [-0.4, -0.2) is 72.9 Å². The number of morpholine rings is 1. The zero-order valence-corrected chi connectivity index (χ0v) is 13.3. The average molecular weight is 323 g/mol. The van der Waals surface area contributed by atoms with Crippen molar-refractivity contribution >= 4 is 5.91 Å². The molecule has 0 bridgehead atoms. The smallest absolute Gasteiger partial charge is 0.240 e. The summed E-state index contributed by atoms with van der Waals surface area (Å²) >= 11 is 0. The lowest BCUT2D eigenvalue weighted by Crippen LogP contribution is -2.49. The summed E-state index contributed by atoms with van der Waals surface area (Å²) in [6, 6.07) is 5.06. The molecule has 23 heavy (non-hydrogen) atoms. The number of pyridine rings is 1. The lowest BCUT2D eigenvalue weighted by molar-refractivity contribution is -0.140. The molecule has 3 heterocycles. The van der Waals surface area contributed by atoms with Gasteiger partial charge >= 0.3 is 0 Å². The molecule has 0 aromatic carbocycles. The highest BCUT2D eigenvalue weighted by Gasteiger charge is 2.39. The van der Waals surface area contributed by atoms with Gasteiger partial charge in [0.25, 0.3) is 0 Å². The molecule has 6 nitrogen and oxygen atoms in total. The van der Waals surface area contributed by atoms with Gasteiger partial charge in [0.2, 0.25) is 11.8 Å². The average Bonchev–Trinajstić information content (AvgIpc) is 2.95. The highest BCUT2D eigenvalue weighted by atomic mass is 19.1. The lowest BCUT2D eigenvalue weighted by Gasteiger charge is -2.32. The third-order valence-corrected chi connectivity index (χ3v) is 4.32. The van der Waals surface area contributed by atoms with Crippen LogP contribution in [0, 0.1) is 0 Å². The number of likely N-dealkylation sites (tertiary alicyclic amines) is 1. The van der Waals surface area contributed by atoms with Crippen molar-refractivity contribution in [2.24, 2.45) is 0 Å². The topological polar surface area (TPSA) is 54.9 Å². The number of carbonyl (C=O) groups excluding carboxylic acids is 1. The predicted octanol–water partition coefficient (Wildman–Crippen LogP) is 0.861. The molecule has 1 aromatic rings. The van der Waals surface area contributed by atoms with Crippen LogP contribution in [-0.2, 0) is 16.1 Å². The van der Waals surface area contributed by atoms with Gasteiger partial charge in [0.1, 0.15) is 6.17 Å². The Bertz CT molecular complexity index is 551. The van der Waals surface area contributed by atoms with E-state index in [0.717, 1.165) is 5.69 Å². The second-order valence-corrected chi connectivity index (χ2v) is 5.89. The number of rotatable bonds is 4. The molecule has 1 aromatic heterocycles. The highest BCUT2D eigenvalue weighted by Crippen LogP contribution is 2.24. The monoisotopic (exact) mass is 323 g/mol. The van der Waals surface area contributed by atoms with Gasteiger partial charge in [-0.15, -0.1) is 0 Å². The molecule has 2 aliphatic rings. The summed E-state index contributed by atoms with van der Waals surface area (Å²) in [5, 5.41) is 0. The molecule has 0 spiro atoms. The molecule has 0 radical (unpaired) electrons. The van der Waals surface area contributed by atoms with Crippen molar-refractivity contribution in [2.75, 3.05) is 40.0 Å². The number of ether oxygens (including phenoxy) is 2. The molecule has 1 amide bonds. The van der Waals surface area contributed by atoms with Gasteiger partial charge in [-0.05, 0) is 6.07 Å². The van der Waals surface area contributed by atoms with Crippen LogP contribution in [0.2, 0.25) is 0 Å². The Kier molecular flexibility index (Phi) is 5.07. The molecule has 0 unspecified atom stereocenters. The van der Waals surface area contributed by atoms with E-state index in [0.29, 0.717) is 38.7 Å². The van der Waals surface area contributed by atoms with Crippen molar-refractivity contribution < 1.29 is 18.7 Å². The van der Waals surface area contributed by atoms with Crippen LogP contribution in [0.1, 0.15) is 12.1 Å². The molecule has 0 N–H and O–H groups in total. The predicted molar refractivity (Wildman–Crippen MR) is 81.9 cm³/mol. The number of hydrogen-bond donors (Lipinski definition) is 0. The molecule has 126 valence electrons. The molecule has 3 rings (SSSR count). The number of aromatic nitrogens is 1. The summed E-state index contributed by atoms with van der Waals surface area (Å²) in [7, 11) is 1.56. The summed E-state index contributed by atoms with van der Waals surface area (Å²) in [4.78, 5) is 20.7. The summed E-state index contributed by atoms with van der Waals surface area (Å²) < 4.78 is 24.3. The number of hydrogen-bond acceptors (Lipinski definition) is 5. The van der Waals surface area contributed by atoms with Gasteiger partial charge in [-0.2, -0.15) is 0 Å². The maximum Gasteiger partial charge on any atom is 0.240 e. The SMILES string of the molecule is COc1cccc(CN2C[C@H](F)C[C@H]2C(=O)N2CCOCC2)n1. The van der Waals surface area contributed by atoms with Crippen molar-refractivity contribution in [2.45, 2.75) is 25.2 Å². The molecule has 2 saturated heterocycles.